The molecular weight excluding hydrogens is 578 g/mol. The Hall–Kier alpha value is -3.36. The number of unbranched alkanes of at least 4 members (excludes halogenated alkanes) is 2. The van der Waals surface area contributed by atoms with Crippen molar-refractivity contribution in [3.63, 3.8) is 0 Å². The molecule has 1 saturated carbocycles. The summed E-state index contributed by atoms with van der Waals surface area (Å²) in [5.74, 6) is -2.73. The number of aryl methyl sites for hydroxylation is 2. The second kappa shape index (κ2) is 11.1. The van der Waals surface area contributed by atoms with Crippen LogP contribution in [0.5, 0.6) is 0 Å². The highest BCUT2D eigenvalue weighted by Gasteiger charge is 2.60. The Bertz CT molecular complexity index is 1440. The lowest BCUT2D eigenvalue weighted by molar-refractivity contribution is -0.202. The van der Waals surface area contributed by atoms with Crippen molar-refractivity contribution < 1.29 is 44.3 Å². The first kappa shape index (κ1) is 30.6. The standard InChI is InChI=1S/C26H28F6N4O4S/c1-16-5-7-17(8-6-16)20-13-24(26(30,31)32,18-14-33-36(15-18)12-4-2-3-11-25(27,28)29)34-22(37)21(20)23(38)35-41(39,40)19-9-10-19/h5-8,14-15,19H,2-4,9-13H2,1H3,(H,34,37)(H,35,38). The van der Waals surface area contributed by atoms with E-state index >= 15 is 0 Å². The van der Waals surface area contributed by atoms with Crippen LogP contribution in [-0.2, 0) is 31.7 Å². The summed E-state index contributed by atoms with van der Waals surface area (Å²) in [5.41, 5.74) is -3.61. The Kier molecular flexibility index (Phi) is 8.31. The Morgan fingerprint density at radius 3 is 2.34 bits per heavy atom. The van der Waals surface area contributed by atoms with Crippen molar-refractivity contribution in [2.75, 3.05) is 0 Å². The van der Waals surface area contributed by atoms with Crippen LogP contribution in [0.1, 0.15) is 61.6 Å². The van der Waals surface area contributed by atoms with E-state index in [1.165, 1.54) is 12.1 Å². The molecule has 0 spiro atoms. The number of sulfonamides is 1. The molecule has 1 aromatic heterocycles. The molecule has 1 atom stereocenters. The molecule has 2 amide bonds. The van der Waals surface area contributed by atoms with Gasteiger partial charge < -0.3 is 5.32 Å². The molecule has 2 N–H and O–H groups in total. The molecule has 1 aliphatic heterocycles. The molecule has 0 radical (unpaired) electrons. The molecule has 15 heteroatoms. The summed E-state index contributed by atoms with van der Waals surface area (Å²) in [7, 11) is -4.11. The van der Waals surface area contributed by atoms with Gasteiger partial charge in [-0.2, -0.15) is 31.4 Å². The number of hydrogen-bond donors (Lipinski definition) is 2. The molecule has 0 bridgehead atoms. The van der Waals surface area contributed by atoms with Gasteiger partial charge in [-0.25, -0.2) is 13.1 Å². The van der Waals surface area contributed by atoms with Crippen LogP contribution in [0, 0.1) is 6.92 Å². The number of nitrogens with one attached hydrogen (secondary N) is 2. The van der Waals surface area contributed by atoms with Crippen LogP contribution in [0.25, 0.3) is 5.57 Å². The number of aromatic nitrogens is 2. The summed E-state index contributed by atoms with van der Waals surface area (Å²) in [5, 5.41) is 5.03. The van der Waals surface area contributed by atoms with Gasteiger partial charge in [0.05, 0.1) is 11.4 Å². The van der Waals surface area contributed by atoms with Crippen LogP contribution in [0.2, 0.25) is 0 Å². The molecule has 0 saturated heterocycles. The van der Waals surface area contributed by atoms with E-state index in [9.17, 15) is 44.3 Å². The molecule has 1 fully saturated rings. The summed E-state index contributed by atoms with van der Waals surface area (Å²) in [6.07, 6.45) is -8.38. The van der Waals surface area contributed by atoms with E-state index in [1.807, 2.05) is 10.0 Å². The first-order valence-corrected chi connectivity index (χ1v) is 14.4. The predicted octanol–water partition coefficient (Wildman–Crippen LogP) is 4.65. The van der Waals surface area contributed by atoms with Crippen molar-refractivity contribution in [3.05, 3.63) is 58.9 Å². The van der Waals surface area contributed by atoms with E-state index in [0.717, 1.165) is 22.6 Å². The van der Waals surface area contributed by atoms with Gasteiger partial charge in [0.2, 0.25) is 10.0 Å². The maximum Gasteiger partial charge on any atom is 0.416 e. The molecule has 1 aliphatic carbocycles. The van der Waals surface area contributed by atoms with E-state index in [4.69, 9.17) is 0 Å². The van der Waals surface area contributed by atoms with Crippen LogP contribution >= 0.6 is 0 Å². The van der Waals surface area contributed by atoms with Crippen molar-refractivity contribution in [2.45, 2.75) is 81.6 Å². The Morgan fingerprint density at radius 2 is 1.76 bits per heavy atom. The molecule has 224 valence electrons. The van der Waals surface area contributed by atoms with Gasteiger partial charge in [-0.3, -0.25) is 14.3 Å². The summed E-state index contributed by atoms with van der Waals surface area (Å²) in [6.45, 7) is 1.78. The van der Waals surface area contributed by atoms with Gasteiger partial charge >= 0.3 is 12.4 Å². The zero-order valence-electron chi connectivity index (χ0n) is 21.9. The van der Waals surface area contributed by atoms with E-state index < -0.39 is 69.0 Å². The Balaban J connectivity index is 1.68. The van der Waals surface area contributed by atoms with E-state index in [-0.39, 0.29) is 36.9 Å². The fourth-order valence-corrected chi connectivity index (χ4v) is 5.95. The van der Waals surface area contributed by atoms with Crippen LogP contribution in [0.3, 0.4) is 0 Å². The van der Waals surface area contributed by atoms with Gasteiger partial charge in [0.25, 0.3) is 11.8 Å². The molecule has 1 unspecified atom stereocenters. The molecule has 2 aliphatic rings. The predicted molar refractivity (Wildman–Crippen MR) is 135 cm³/mol. The fourth-order valence-electron chi connectivity index (χ4n) is 4.67. The molecule has 2 heterocycles. The molecule has 2 aromatic rings. The summed E-state index contributed by atoms with van der Waals surface area (Å²) in [6, 6.07) is 6.05. The van der Waals surface area contributed by atoms with Gasteiger partial charge in [0, 0.05) is 31.1 Å². The van der Waals surface area contributed by atoms with E-state index in [0.29, 0.717) is 12.8 Å². The first-order chi connectivity index (χ1) is 19.0. The number of nitrogens with zero attached hydrogens (tertiary/aromatic N) is 2. The van der Waals surface area contributed by atoms with Crippen LogP contribution in [0.15, 0.2) is 42.2 Å². The minimum Gasteiger partial charge on any atom is -0.334 e. The Labute approximate surface area is 232 Å². The van der Waals surface area contributed by atoms with Crippen LogP contribution in [-0.4, -0.2) is 47.6 Å². The number of benzene rings is 1. The van der Waals surface area contributed by atoms with Crippen molar-refractivity contribution in [3.8, 4) is 0 Å². The van der Waals surface area contributed by atoms with Crippen molar-refractivity contribution >= 4 is 27.4 Å². The van der Waals surface area contributed by atoms with Gasteiger partial charge in [-0.1, -0.05) is 36.2 Å². The third kappa shape index (κ3) is 6.93. The highest BCUT2D eigenvalue weighted by molar-refractivity contribution is 7.91. The number of alkyl halides is 6. The van der Waals surface area contributed by atoms with Crippen molar-refractivity contribution in [1.29, 1.82) is 0 Å². The number of carbonyl (C=O) groups excluding carboxylic acids is 2. The van der Waals surface area contributed by atoms with Crippen molar-refractivity contribution in [1.82, 2.24) is 19.8 Å². The van der Waals surface area contributed by atoms with Gasteiger partial charge in [-0.05, 0) is 43.7 Å². The SMILES string of the molecule is Cc1ccc(C2=C(C(=O)NS(=O)(=O)C3CC3)C(=O)NC(c3cnn(CCCCCC(F)(F)F)c3)(C(F)(F)F)C2)cc1. The van der Waals surface area contributed by atoms with Gasteiger partial charge in [0.1, 0.15) is 5.57 Å². The number of carbonyl (C=O) groups is 2. The molecule has 1 aromatic carbocycles. The van der Waals surface area contributed by atoms with Gasteiger partial charge in [0.15, 0.2) is 5.54 Å². The zero-order valence-corrected chi connectivity index (χ0v) is 22.7. The average molecular weight is 607 g/mol. The molecule has 4 rings (SSSR count). The quantitative estimate of drug-likeness (QED) is 0.233. The largest absolute Gasteiger partial charge is 0.416 e. The first-order valence-electron chi connectivity index (χ1n) is 12.9. The van der Waals surface area contributed by atoms with E-state index in [1.54, 1.807) is 19.1 Å². The zero-order chi connectivity index (χ0) is 30.2. The second-order valence-corrected chi connectivity index (χ2v) is 12.3. The molecule has 8 nitrogen and oxygen atoms in total. The topological polar surface area (TPSA) is 110 Å². The monoisotopic (exact) mass is 606 g/mol. The Morgan fingerprint density at radius 1 is 1.10 bits per heavy atom. The fraction of sp³-hybridized carbons (Fsp3) is 0.500. The third-order valence-electron chi connectivity index (χ3n) is 7.08. The smallest absolute Gasteiger partial charge is 0.334 e. The summed E-state index contributed by atoms with van der Waals surface area (Å²) < 4.78 is 109. The number of amides is 2. The van der Waals surface area contributed by atoms with E-state index in [2.05, 4.69) is 5.10 Å². The molecular formula is C26H28F6N4O4S. The summed E-state index contributed by atoms with van der Waals surface area (Å²) >= 11 is 0. The average Bonchev–Trinajstić information content (AvgIpc) is 3.62. The highest BCUT2D eigenvalue weighted by Crippen LogP contribution is 2.48. The second-order valence-electron chi connectivity index (χ2n) is 10.3. The maximum absolute atomic E-state index is 14.8. The third-order valence-corrected chi connectivity index (χ3v) is 8.90. The number of hydrogen-bond acceptors (Lipinski definition) is 5. The lowest BCUT2D eigenvalue weighted by atomic mass is 9.77. The number of halogens is 6. The van der Waals surface area contributed by atoms with Gasteiger partial charge in [-0.15, -0.1) is 0 Å². The van der Waals surface area contributed by atoms with Crippen molar-refractivity contribution in [2.24, 2.45) is 0 Å². The minimum absolute atomic E-state index is 0.0487. The normalized spacial score (nSPS) is 20.2. The van der Waals surface area contributed by atoms with Crippen LogP contribution < -0.4 is 10.0 Å². The number of rotatable bonds is 10. The highest BCUT2D eigenvalue weighted by atomic mass is 32.2. The maximum atomic E-state index is 14.8. The van der Waals surface area contributed by atoms with Crippen LogP contribution in [0.4, 0.5) is 26.3 Å². The lowest BCUT2D eigenvalue weighted by Gasteiger charge is -2.40. The lowest BCUT2D eigenvalue weighted by Crippen LogP contribution is -2.59. The summed E-state index contributed by atoms with van der Waals surface area (Å²) in [4.78, 5) is 26.3. The minimum atomic E-state index is -5.08. The molecule has 41 heavy (non-hydrogen) atoms.